The Balaban J connectivity index is 1.66. The number of nitrogens with one attached hydrogen (secondary N) is 2. The highest BCUT2D eigenvalue weighted by Gasteiger charge is 2.15. The highest BCUT2D eigenvalue weighted by atomic mass is 79.9. The number of nitriles is 1. The second kappa shape index (κ2) is 9.75. The Labute approximate surface area is 188 Å². The first-order chi connectivity index (χ1) is 14.8. The summed E-state index contributed by atoms with van der Waals surface area (Å²) in [5.41, 5.74) is 1.35. The van der Waals surface area contributed by atoms with Crippen molar-refractivity contribution in [2.45, 2.75) is 18.4 Å². The molecule has 9 heteroatoms. The van der Waals surface area contributed by atoms with Gasteiger partial charge < -0.3 is 9.73 Å². The number of carbonyl (C=O) groups excluding carboxylic acids is 1. The van der Waals surface area contributed by atoms with Crippen LogP contribution in [0.1, 0.15) is 17.1 Å². The molecular weight excluding hydrogens is 482 g/mol. The van der Waals surface area contributed by atoms with Gasteiger partial charge in [0.15, 0.2) is 0 Å². The number of carbonyl (C=O) groups is 1. The summed E-state index contributed by atoms with van der Waals surface area (Å²) in [4.78, 5) is 12.5. The largest absolute Gasteiger partial charge is 0.460 e. The number of hydrogen-bond donors (Lipinski definition) is 2. The van der Waals surface area contributed by atoms with Crippen molar-refractivity contribution in [3.63, 3.8) is 0 Å². The van der Waals surface area contributed by atoms with Crippen LogP contribution in [0.15, 0.2) is 80.0 Å². The van der Waals surface area contributed by atoms with Gasteiger partial charge in [0.2, 0.25) is 10.0 Å². The van der Waals surface area contributed by atoms with Crippen LogP contribution in [-0.2, 0) is 21.4 Å². The van der Waals surface area contributed by atoms with Crippen LogP contribution in [0, 0.1) is 18.3 Å². The summed E-state index contributed by atoms with van der Waals surface area (Å²) in [6.07, 6.45) is 1.30. The number of rotatable bonds is 7. The Morgan fingerprint density at radius 2 is 1.77 bits per heavy atom. The Kier molecular flexibility index (Phi) is 7.07. The van der Waals surface area contributed by atoms with E-state index in [1.165, 1.54) is 18.2 Å². The third kappa shape index (κ3) is 6.15. The molecule has 0 atom stereocenters. The molecule has 0 aliphatic rings. The number of nitrogens with zero attached hydrogens (tertiary/aromatic N) is 1. The number of furan rings is 1. The lowest BCUT2D eigenvalue weighted by Gasteiger charge is -2.05. The van der Waals surface area contributed by atoms with Gasteiger partial charge in [0.1, 0.15) is 23.2 Å². The number of hydrogen-bond acceptors (Lipinski definition) is 5. The van der Waals surface area contributed by atoms with E-state index in [9.17, 15) is 18.5 Å². The van der Waals surface area contributed by atoms with Crippen LogP contribution in [0.5, 0.6) is 0 Å². The topological polar surface area (TPSA) is 112 Å². The van der Waals surface area contributed by atoms with E-state index in [0.29, 0.717) is 11.4 Å². The Hall–Kier alpha value is -3.19. The molecule has 0 spiro atoms. The molecule has 0 aliphatic carbocycles. The molecule has 0 radical (unpaired) electrons. The van der Waals surface area contributed by atoms with Crippen molar-refractivity contribution in [1.82, 2.24) is 4.72 Å². The van der Waals surface area contributed by atoms with Crippen molar-refractivity contribution in [2.75, 3.05) is 5.32 Å². The number of anilines is 1. The van der Waals surface area contributed by atoms with Crippen molar-refractivity contribution >= 4 is 43.6 Å². The standard InChI is InChI=1S/C22H18BrN3O4S/c1-15-2-10-21(11-3-15)31(28,29)25-14-20-9-8-19(30-20)12-16(13-24)22(27)26-18-6-4-17(23)5-7-18/h2-12,25H,14H2,1H3,(H,26,27)/b16-12-. The zero-order chi connectivity index (χ0) is 22.4. The van der Waals surface area contributed by atoms with Crippen LogP contribution in [0.4, 0.5) is 5.69 Å². The summed E-state index contributed by atoms with van der Waals surface area (Å²) in [7, 11) is -3.69. The smallest absolute Gasteiger partial charge is 0.266 e. The fourth-order valence-corrected chi connectivity index (χ4v) is 3.81. The molecule has 158 valence electrons. The van der Waals surface area contributed by atoms with Gasteiger partial charge in [-0.15, -0.1) is 0 Å². The molecule has 0 saturated carbocycles. The molecule has 0 aliphatic heterocycles. The molecule has 1 heterocycles. The van der Waals surface area contributed by atoms with E-state index in [0.717, 1.165) is 10.0 Å². The van der Waals surface area contributed by atoms with Crippen molar-refractivity contribution < 1.29 is 17.6 Å². The van der Waals surface area contributed by atoms with E-state index in [4.69, 9.17) is 4.42 Å². The normalized spacial score (nSPS) is 11.7. The first-order valence-corrected chi connectivity index (χ1v) is 11.4. The minimum atomic E-state index is -3.69. The lowest BCUT2D eigenvalue weighted by Crippen LogP contribution is -2.22. The maximum Gasteiger partial charge on any atom is 0.266 e. The Morgan fingerprint density at radius 3 is 2.42 bits per heavy atom. The number of halogens is 1. The number of amides is 1. The molecule has 0 bridgehead atoms. The molecule has 0 saturated heterocycles. The van der Waals surface area contributed by atoms with Gasteiger partial charge in [0, 0.05) is 16.2 Å². The fourth-order valence-electron chi connectivity index (χ4n) is 2.56. The number of aryl methyl sites for hydroxylation is 1. The Morgan fingerprint density at radius 1 is 1.10 bits per heavy atom. The monoisotopic (exact) mass is 499 g/mol. The molecule has 0 fully saturated rings. The molecule has 2 N–H and O–H groups in total. The summed E-state index contributed by atoms with van der Waals surface area (Å²) in [5, 5.41) is 12.0. The highest BCUT2D eigenvalue weighted by Crippen LogP contribution is 2.17. The van der Waals surface area contributed by atoms with Gasteiger partial charge >= 0.3 is 0 Å². The second-order valence-electron chi connectivity index (χ2n) is 6.57. The van der Waals surface area contributed by atoms with E-state index in [1.807, 2.05) is 13.0 Å². The van der Waals surface area contributed by atoms with E-state index in [-0.39, 0.29) is 22.8 Å². The molecule has 7 nitrogen and oxygen atoms in total. The minimum absolute atomic E-state index is 0.0724. The van der Waals surface area contributed by atoms with Gasteiger partial charge in [-0.3, -0.25) is 4.79 Å². The predicted octanol–water partition coefficient (Wildman–Crippen LogP) is 4.37. The predicted molar refractivity (Wildman–Crippen MR) is 120 cm³/mol. The van der Waals surface area contributed by atoms with Crippen molar-refractivity contribution in [1.29, 1.82) is 5.26 Å². The van der Waals surface area contributed by atoms with Gasteiger partial charge in [0.05, 0.1) is 11.4 Å². The third-order valence-electron chi connectivity index (χ3n) is 4.20. The van der Waals surface area contributed by atoms with Crippen molar-refractivity contribution in [2.24, 2.45) is 0 Å². The first-order valence-electron chi connectivity index (χ1n) is 9.10. The fraction of sp³-hybridized carbons (Fsp3) is 0.0909. The zero-order valence-electron chi connectivity index (χ0n) is 16.4. The maximum atomic E-state index is 12.4. The quantitative estimate of drug-likeness (QED) is 0.370. The number of benzene rings is 2. The molecule has 3 aromatic rings. The summed E-state index contributed by atoms with van der Waals surface area (Å²) in [5.74, 6) is 0.0161. The third-order valence-corrected chi connectivity index (χ3v) is 6.15. The van der Waals surface area contributed by atoms with Crippen LogP contribution < -0.4 is 10.0 Å². The highest BCUT2D eigenvalue weighted by molar-refractivity contribution is 9.10. The lowest BCUT2D eigenvalue weighted by molar-refractivity contribution is -0.112. The van der Waals surface area contributed by atoms with Crippen LogP contribution in [0.2, 0.25) is 0 Å². The SMILES string of the molecule is Cc1ccc(S(=O)(=O)NCc2ccc(/C=C(/C#N)C(=O)Nc3ccc(Br)cc3)o2)cc1. The first kappa shape index (κ1) is 22.5. The summed E-state index contributed by atoms with van der Waals surface area (Å²) < 4.78 is 33.6. The van der Waals surface area contributed by atoms with Crippen molar-refractivity contribution in [3.8, 4) is 6.07 Å². The van der Waals surface area contributed by atoms with Gasteiger partial charge in [-0.25, -0.2) is 13.1 Å². The van der Waals surface area contributed by atoms with Crippen LogP contribution >= 0.6 is 15.9 Å². The lowest BCUT2D eigenvalue weighted by atomic mass is 10.2. The summed E-state index contributed by atoms with van der Waals surface area (Å²) >= 11 is 3.31. The van der Waals surface area contributed by atoms with Crippen LogP contribution in [0.3, 0.4) is 0 Å². The maximum absolute atomic E-state index is 12.4. The van der Waals surface area contributed by atoms with E-state index < -0.39 is 15.9 Å². The summed E-state index contributed by atoms with van der Waals surface area (Å²) in [6.45, 7) is 1.80. The summed E-state index contributed by atoms with van der Waals surface area (Å²) in [6, 6.07) is 18.4. The molecule has 3 rings (SSSR count). The van der Waals surface area contributed by atoms with E-state index in [1.54, 1.807) is 48.5 Å². The Bertz CT molecular complexity index is 1260. The van der Waals surface area contributed by atoms with Crippen molar-refractivity contribution in [3.05, 3.63) is 87.8 Å². The molecule has 0 unspecified atom stereocenters. The molecular formula is C22H18BrN3O4S. The zero-order valence-corrected chi connectivity index (χ0v) is 18.8. The van der Waals surface area contributed by atoms with E-state index in [2.05, 4.69) is 26.0 Å². The van der Waals surface area contributed by atoms with Gasteiger partial charge in [-0.1, -0.05) is 33.6 Å². The molecule has 1 aromatic heterocycles. The molecule has 1 amide bonds. The minimum Gasteiger partial charge on any atom is -0.460 e. The van der Waals surface area contributed by atoms with Gasteiger partial charge in [0.25, 0.3) is 5.91 Å². The number of sulfonamides is 1. The molecule has 2 aromatic carbocycles. The van der Waals surface area contributed by atoms with Gasteiger partial charge in [-0.2, -0.15) is 5.26 Å². The van der Waals surface area contributed by atoms with Crippen LogP contribution in [-0.4, -0.2) is 14.3 Å². The van der Waals surface area contributed by atoms with E-state index >= 15 is 0 Å². The average molecular weight is 500 g/mol. The van der Waals surface area contributed by atoms with Crippen LogP contribution in [0.25, 0.3) is 6.08 Å². The molecule has 31 heavy (non-hydrogen) atoms. The van der Waals surface area contributed by atoms with Gasteiger partial charge in [-0.05, 0) is 55.5 Å². The second-order valence-corrected chi connectivity index (χ2v) is 9.26. The average Bonchev–Trinajstić information content (AvgIpc) is 3.20.